The van der Waals surface area contributed by atoms with Gasteiger partial charge in [-0.15, -0.1) is 0 Å². The Balaban J connectivity index is 1.65. The molecule has 4 heterocycles. The first-order valence-electron chi connectivity index (χ1n) is 10.1. The van der Waals surface area contributed by atoms with E-state index in [1.165, 1.54) is 0 Å². The van der Waals surface area contributed by atoms with Crippen molar-refractivity contribution in [1.29, 1.82) is 0 Å². The van der Waals surface area contributed by atoms with Gasteiger partial charge in [0.25, 0.3) is 0 Å². The molecule has 1 aliphatic rings. The van der Waals surface area contributed by atoms with E-state index in [0.29, 0.717) is 6.61 Å². The number of carbonyl (C=O) groups is 1. The average molecular weight is 393 g/mol. The molecule has 0 aromatic carbocycles. The molecule has 1 aliphatic heterocycles. The van der Waals surface area contributed by atoms with E-state index < -0.39 is 0 Å². The first-order chi connectivity index (χ1) is 14.0. The monoisotopic (exact) mass is 393 g/mol. The van der Waals surface area contributed by atoms with Gasteiger partial charge in [0, 0.05) is 49.2 Å². The second kappa shape index (κ2) is 7.73. The number of amides is 1. The quantitative estimate of drug-likeness (QED) is 0.735. The lowest BCUT2D eigenvalue weighted by atomic mass is 10.1. The molecule has 1 fully saturated rings. The molecule has 2 atom stereocenters. The van der Waals surface area contributed by atoms with Crippen LogP contribution in [0.2, 0.25) is 0 Å². The number of piperazine rings is 1. The minimum atomic E-state index is 0.128. The number of nitrogens with zero attached hydrogens (tertiary/aromatic N) is 4. The highest BCUT2D eigenvalue weighted by Crippen LogP contribution is 2.30. The maximum absolute atomic E-state index is 11.9. The van der Waals surface area contributed by atoms with Crippen molar-refractivity contribution in [2.45, 2.75) is 39.8 Å². The number of fused-ring (bicyclic) bond motifs is 1. The number of ether oxygens (including phenoxy) is 1. The number of anilines is 1. The number of rotatable bonds is 4. The number of aromatic amines is 1. The molecule has 7 nitrogen and oxygen atoms in total. The van der Waals surface area contributed by atoms with Gasteiger partial charge >= 0.3 is 0 Å². The second-order valence-corrected chi connectivity index (χ2v) is 7.61. The third-order valence-corrected chi connectivity index (χ3v) is 5.43. The molecule has 152 valence electrons. The largest absolute Gasteiger partial charge is 0.492 e. The smallest absolute Gasteiger partial charge is 0.220 e. The van der Waals surface area contributed by atoms with E-state index in [2.05, 4.69) is 28.7 Å². The Morgan fingerprint density at radius 2 is 2.03 bits per heavy atom. The van der Waals surface area contributed by atoms with E-state index in [0.717, 1.165) is 46.9 Å². The molecule has 1 saturated heterocycles. The summed E-state index contributed by atoms with van der Waals surface area (Å²) in [6.45, 7) is 9.92. The van der Waals surface area contributed by atoms with Crippen molar-refractivity contribution in [1.82, 2.24) is 19.9 Å². The summed E-state index contributed by atoms with van der Waals surface area (Å²) in [6.07, 6.45) is 3.67. The van der Waals surface area contributed by atoms with E-state index in [4.69, 9.17) is 9.72 Å². The highest BCUT2D eigenvalue weighted by molar-refractivity contribution is 5.93. The number of carbonyl (C=O) groups excluding carboxylic acids is 1. The Morgan fingerprint density at radius 1 is 1.28 bits per heavy atom. The minimum Gasteiger partial charge on any atom is -0.492 e. The molecule has 3 aromatic rings. The molecular formula is C22H27N5O2. The zero-order valence-electron chi connectivity index (χ0n) is 17.3. The lowest BCUT2D eigenvalue weighted by Crippen LogP contribution is -2.58. The van der Waals surface area contributed by atoms with E-state index >= 15 is 0 Å². The van der Waals surface area contributed by atoms with Gasteiger partial charge in [-0.3, -0.25) is 4.79 Å². The van der Waals surface area contributed by atoms with Crippen LogP contribution in [-0.4, -0.2) is 57.5 Å². The van der Waals surface area contributed by atoms with Crippen molar-refractivity contribution in [2.24, 2.45) is 0 Å². The summed E-state index contributed by atoms with van der Waals surface area (Å²) in [5.41, 5.74) is 2.70. The van der Waals surface area contributed by atoms with Crippen LogP contribution in [-0.2, 0) is 4.79 Å². The Hall–Kier alpha value is -3.09. The first kappa shape index (κ1) is 19.2. The third-order valence-electron chi connectivity index (χ3n) is 5.43. The normalized spacial score (nSPS) is 19.6. The molecule has 29 heavy (non-hydrogen) atoms. The summed E-state index contributed by atoms with van der Waals surface area (Å²) in [4.78, 5) is 28.8. The van der Waals surface area contributed by atoms with Crippen molar-refractivity contribution in [3.8, 4) is 17.0 Å². The van der Waals surface area contributed by atoms with Crippen molar-refractivity contribution >= 4 is 22.8 Å². The summed E-state index contributed by atoms with van der Waals surface area (Å²) in [5.74, 6) is 1.80. The van der Waals surface area contributed by atoms with Gasteiger partial charge in [0.15, 0.2) is 0 Å². The fraction of sp³-hybridized carbons (Fsp3) is 0.409. The van der Waals surface area contributed by atoms with Crippen LogP contribution in [0.15, 0.2) is 36.7 Å². The molecule has 1 amide bonds. The van der Waals surface area contributed by atoms with Gasteiger partial charge in [0.1, 0.15) is 17.2 Å². The van der Waals surface area contributed by atoms with Crippen LogP contribution in [0.4, 0.5) is 5.82 Å². The van der Waals surface area contributed by atoms with Crippen LogP contribution in [0, 0.1) is 0 Å². The lowest BCUT2D eigenvalue weighted by molar-refractivity contribution is -0.133. The summed E-state index contributed by atoms with van der Waals surface area (Å²) in [7, 11) is 0. The molecule has 0 spiro atoms. The topological polar surface area (TPSA) is 74.3 Å². The van der Waals surface area contributed by atoms with Crippen LogP contribution in [0.3, 0.4) is 0 Å². The minimum absolute atomic E-state index is 0.128. The highest BCUT2D eigenvalue weighted by Gasteiger charge is 2.31. The first-order valence-corrected chi connectivity index (χ1v) is 10.1. The van der Waals surface area contributed by atoms with Crippen molar-refractivity contribution in [3.63, 3.8) is 0 Å². The zero-order chi connectivity index (χ0) is 20.5. The van der Waals surface area contributed by atoms with Crippen molar-refractivity contribution in [2.75, 3.05) is 24.6 Å². The van der Waals surface area contributed by atoms with Gasteiger partial charge in [-0.2, -0.15) is 0 Å². The molecule has 7 heteroatoms. The van der Waals surface area contributed by atoms with Gasteiger partial charge in [0.2, 0.25) is 5.91 Å². The van der Waals surface area contributed by atoms with Crippen LogP contribution >= 0.6 is 0 Å². The van der Waals surface area contributed by atoms with Crippen LogP contribution in [0.1, 0.15) is 27.7 Å². The Labute approximate surface area is 170 Å². The summed E-state index contributed by atoms with van der Waals surface area (Å²) in [5, 5.41) is 0.990. The molecule has 1 N–H and O–H groups in total. The standard InChI is InChI=1S/C22H27N5O2/c1-5-29-17-9-18-19(11-24-22(18)23-10-17)20-7-6-8-21(25-20)26-12-14(2)27(16(4)28)15(3)13-26/h6-11,14-15H,5,12-13H2,1-4H3,(H,23,24)/t14-,15+. The molecule has 0 aliphatic carbocycles. The van der Waals surface area contributed by atoms with Gasteiger partial charge in [0.05, 0.1) is 18.5 Å². The maximum Gasteiger partial charge on any atom is 0.220 e. The van der Waals surface area contributed by atoms with Crippen LogP contribution < -0.4 is 9.64 Å². The summed E-state index contributed by atoms with van der Waals surface area (Å²) >= 11 is 0. The zero-order valence-corrected chi connectivity index (χ0v) is 17.3. The Morgan fingerprint density at radius 3 is 2.72 bits per heavy atom. The van der Waals surface area contributed by atoms with E-state index in [1.54, 1.807) is 13.1 Å². The molecule has 4 rings (SSSR count). The molecular weight excluding hydrogens is 366 g/mol. The molecule has 0 radical (unpaired) electrons. The number of nitrogens with one attached hydrogen (secondary N) is 1. The van der Waals surface area contributed by atoms with Crippen LogP contribution in [0.25, 0.3) is 22.3 Å². The predicted molar refractivity (Wildman–Crippen MR) is 114 cm³/mol. The Bertz CT molecular complexity index is 1020. The molecule has 0 bridgehead atoms. The molecule has 0 saturated carbocycles. The Kier molecular flexibility index (Phi) is 5.13. The van der Waals surface area contributed by atoms with Crippen molar-refractivity contribution < 1.29 is 9.53 Å². The van der Waals surface area contributed by atoms with E-state index in [1.807, 2.05) is 42.3 Å². The second-order valence-electron chi connectivity index (χ2n) is 7.61. The SMILES string of the molecule is CCOc1cnc2[nH]cc(-c3cccc(N4C[C@@H](C)N(C(C)=O)[C@@H](C)C4)n3)c2c1. The van der Waals surface area contributed by atoms with E-state index in [-0.39, 0.29) is 18.0 Å². The predicted octanol–water partition coefficient (Wildman–Crippen LogP) is 3.47. The molecule has 3 aromatic heterocycles. The number of hydrogen-bond donors (Lipinski definition) is 1. The number of aromatic nitrogens is 3. The summed E-state index contributed by atoms with van der Waals surface area (Å²) < 4.78 is 5.61. The average Bonchev–Trinajstić information content (AvgIpc) is 3.11. The maximum atomic E-state index is 11.9. The fourth-order valence-corrected chi connectivity index (χ4v) is 4.32. The number of hydrogen-bond acceptors (Lipinski definition) is 5. The van der Waals surface area contributed by atoms with Gasteiger partial charge < -0.3 is 19.5 Å². The number of pyridine rings is 2. The van der Waals surface area contributed by atoms with E-state index in [9.17, 15) is 4.79 Å². The van der Waals surface area contributed by atoms with Gasteiger partial charge in [-0.05, 0) is 39.0 Å². The van der Waals surface area contributed by atoms with Crippen LogP contribution in [0.5, 0.6) is 5.75 Å². The summed E-state index contributed by atoms with van der Waals surface area (Å²) in [6, 6.07) is 8.37. The molecule has 0 unspecified atom stereocenters. The fourth-order valence-electron chi connectivity index (χ4n) is 4.32. The van der Waals surface area contributed by atoms with Gasteiger partial charge in [-0.25, -0.2) is 9.97 Å². The lowest BCUT2D eigenvalue weighted by Gasteiger charge is -2.44. The van der Waals surface area contributed by atoms with Gasteiger partial charge in [-0.1, -0.05) is 6.07 Å². The van der Waals surface area contributed by atoms with Crippen molar-refractivity contribution in [3.05, 3.63) is 36.7 Å². The highest BCUT2D eigenvalue weighted by atomic mass is 16.5. The number of H-pyrrole nitrogens is 1. The third kappa shape index (κ3) is 3.64.